The number of aromatic nitrogens is 1. The van der Waals surface area contributed by atoms with Gasteiger partial charge in [-0.3, -0.25) is 4.79 Å². The zero-order chi connectivity index (χ0) is 15.5. The molecule has 1 aromatic carbocycles. The molecule has 0 spiro atoms. The van der Waals surface area contributed by atoms with Gasteiger partial charge in [-0.2, -0.15) is 0 Å². The van der Waals surface area contributed by atoms with Crippen LogP contribution in [0.2, 0.25) is 0 Å². The highest BCUT2D eigenvalue weighted by Crippen LogP contribution is 2.28. The number of anilines is 1. The predicted molar refractivity (Wildman–Crippen MR) is 81.2 cm³/mol. The highest BCUT2D eigenvalue weighted by atomic mass is 32.1. The van der Waals surface area contributed by atoms with E-state index in [4.69, 9.17) is 9.52 Å². The number of oxazole rings is 1. The molecule has 7 heteroatoms. The van der Waals surface area contributed by atoms with E-state index in [0.29, 0.717) is 11.4 Å². The molecule has 0 fully saturated rings. The topological polar surface area (TPSA) is 92.4 Å². The number of hydrogen-bond acceptors (Lipinski definition) is 5. The number of benzene rings is 1. The van der Waals surface area contributed by atoms with Gasteiger partial charge in [-0.15, -0.1) is 11.3 Å². The number of thiophene rings is 1. The van der Waals surface area contributed by atoms with E-state index in [1.165, 1.54) is 29.9 Å². The van der Waals surface area contributed by atoms with Gasteiger partial charge >= 0.3 is 5.97 Å². The Morgan fingerprint density at radius 2 is 2.09 bits per heavy atom. The minimum atomic E-state index is -1.06. The van der Waals surface area contributed by atoms with Gasteiger partial charge in [0.15, 0.2) is 17.8 Å². The SMILES string of the molecule is O=C(O)c1cccc(NC(=O)c2ncoc2-c2cccs2)c1. The Hall–Kier alpha value is -2.93. The minimum Gasteiger partial charge on any atom is -0.478 e. The molecule has 0 atom stereocenters. The summed E-state index contributed by atoms with van der Waals surface area (Å²) in [6.45, 7) is 0. The summed E-state index contributed by atoms with van der Waals surface area (Å²) in [6, 6.07) is 9.67. The van der Waals surface area contributed by atoms with Crippen LogP contribution in [0.3, 0.4) is 0 Å². The van der Waals surface area contributed by atoms with Crippen molar-refractivity contribution in [2.75, 3.05) is 5.32 Å². The minimum absolute atomic E-state index is 0.0939. The average molecular weight is 314 g/mol. The Balaban J connectivity index is 1.86. The monoisotopic (exact) mass is 314 g/mol. The first-order chi connectivity index (χ1) is 10.6. The molecular formula is C15H10N2O4S. The first-order valence-corrected chi connectivity index (χ1v) is 7.15. The van der Waals surface area contributed by atoms with Gasteiger partial charge < -0.3 is 14.8 Å². The second kappa shape index (κ2) is 5.82. The summed E-state index contributed by atoms with van der Waals surface area (Å²) in [4.78, 5) is 28.0. The summed E-state index contributed by atoms with van der Waals surface area (Å²) in [5.74, 6) is -1.13. The van der Waals surface area contributed by atoms with Crippen LogP contribution in [-0.2, 0) is 0 Å². The predicted octanol–water partition coefficient (Wildman–Crippen LogP) is 3.35. The number of nitrogens with one attached hydrogen (secondary N) is 1. The molecule has 0 saturated carbocycles. The van der Waals surface area contributed by atoms with Crippen molar-refractivity contribution < 1.29 is 19.1 Å². The molecule has 110 valence electrons. The summed E-state index contributed by atoms with van der Waals surface area (Å²) < 4.78 is 5.27. The van der Waals surface area contributed by atoms with Crippen LogP contribution in [0.25, 0.3) is 10.6 Å². The van der Waals surface area contributed by atoms with Gasteiger partial charge in [0.2, 0.25) is 0 Å². The van der Waals surface area contributed by atoms with E-state index < -0.39 is 11.9 Å². The highest BCUT2D eigenvalue weighted by molar-refractivity contribution is 7.13. The summed E-state index contributed by atoms with van der Waals surface area (Å²) in [5.41, 5.74) is 0.629. The number of carbonyl (C=O) groups is 2. The summed E-state index contributed by atoms with van der Waals surface area (Å²) in [6.07, 6.45) is 1.21. The molecule has 0 unspecified atom stereocenters. The van der Waals surface area contributed by atoms with E-state index in [0.717, 1.165) is 4.88 Å². The van der Waals surface area contributed by atoms with Crippen molar-refractivity contribution in [3.05, 3.63) is 59.4 Å². The zero-order valence-electron chi connectivity index (χ0n) is 11.1. The molecule has 3 aromatic rings. The molecule has 0 saturated heterocycles. The maximum absolute atomic E-state index is 12.3. The molecule has 6 nitrogen and oxygen atoms in total. The number of hydrogen-bond donors (Lipinski definition) is 2. The molecule has 0 aliphatic rings. The Labute approximate surface area is 129 Å². The maximum Gasteiger partial charge on any atom is 0.335 e. The second-order valence-electron chi connectivity index (χ2n) is 4.35. The van der Waals surface area contributed by atoms with Gasteiger partial charge in [0.1, 0.15) is 0 Å². The first kappa shape index (κ1) is 14.0. The van der Waals surface area contributed by atoms with Crippen molar-refractivity contribution in [2.45, 2.75) is 0 Å². The number of nitrogens with zero attached hydrogens (tertiary/aromatic N) is 1. The molecule has 22 heavy (non-hydrogen) atoms. The molecule has 0 bridgehead atoms. The number of carboxylic acids is 1. The molecule has 1 amide bonds. The smallest absolute Gasteiger partial charge is 0.335 e. The van der Waals surface area contributed by atoms with E-state index >= 15 is 0 Å². The largest absolute Gasteiger partial charge is 0.478 e. The molecule has 0 aliphatic heterocycles. The third-order valence-corrected chi connectivity index (χ3v) is 3.76. The Bertz CT molecular complexity index is 824. The third kappa shape index (κ3) is 2.75. The lowest BCUT2D eigenvalue weighted by Crippen LogP contribution is -2.13. The fourth-order valence-corrected chi connectivity index (χ4v) is 2.62. The van der Waals surface area contributed by atoms with Crippen molar-refractivity contribution in [2.24, 2.45) is 0 Å². The lowest BCUT2D eigenvalue weighted by molar-refractivity contribution is 0.0696. The Morgan fingerprint density at radius 3 is 2.82 bits per heavy atom. The third-order valence-electron chi connectivity index (χ3n) is 2.89. The molecule has 0 radical (unpaired) electrons. The van der Waals surface area contributed by atoms with Crippen LogP contribution < -0.4 is 5.32 Å². The fourth-order valence-electron chi connectivity index (χ4n) is 1.91. The van der Waals surface area contributed by atoms with Crippen molar-refractivity contribution in [3.63, 3.8) is 0 Å². The van der Waals surface area contributed by atoms with E-state index in [-0.39, 0.29) is 11.3 Å². The van der Waals surface area contributed by atoms with Gasteiger partial charge in [-0.25, -0.2) is 9.78 Å². The average Bonchev–Trinajstić information content (AvgIpc) is 3.18. The van der Waals surface area contributed by atoms with Gasteiger partial charge in [0.25, 0.3) is 5.91 Å². The van der Waals surface area contributed by atoms with Crippen molar-refractivity contribution >= 4 is 28.9 Å². The van der Waals surface area contributed by atoms with Crippen LogP contribution in [0.1, 0.15) is 20.8 Å². The number of rotatable bonds is 4. The van der Waals surface area contributed by atoms with Crippen molar-refractivity contribution in [1.82, 2.24) is 4.98 Å². The Kier molecular flexibility index (Phi) is 3.71. The molecule has 0 aliphatic carbocycles. The van der Waals surface area contributed by atoms with Crippen LogP contribution in [0.4, 0.5) is 5.69 Å². The van der Waals surface area contributed by atoms with Gasteiger partial charge in [0, 0.05) is 5.69 Å². The number of carbonyl (C=O) groups excluding carboxylic acids is 1. The first-order valence-electron chi connectivity index (χ1n) is 6.27. The standard InChI is InChI=1S/C15H10N2O4S/c18-14(17-10-4-1-3-9(7-10)15(19)20)12-13(21-8-16-12)11-5-2-6-22-11/h1-8H,(H,17,18)(H,19,20). The lowest BCUT2D eigenvalue weighted by Gasteiger charge is -2.05. The zero-order valence-corrected chi connectivity index (χ0v) is 12.0. The normalized spacial score (nSPS) is 10.4. The summed E-state index contributed by atoms with van der Waals surface area (Å²) in [7, 11) is 0. The van der Waals surface area contributed by atoms with Crippen LogP contribution >= 0.6 is 11.3 Å². The number of carboxylic acid groups (broad SMARTS) is 1. The Morgan fingerprint density at radius 1 is 1.23 bits per heavy atom. The van der Waals surface area contributed by atoms with E-state index in [1.54, 1.807) is 12.1 Å². The fraction of sp³-hybridized carbons (Fsp3) is 0. The lowest BCUT2D eigenvalue weighted by atomic mass is 10.2. The summed E-state index contributed by atoms with van der Waals surface area (Å²) >= 11 is 1.43. The highest BCUT2D eigenvalue weighted by Gasteiger charge is 2.19. The van der Waals surface area contributed by atoms with Crippen molar-refractivity contribution in [1.29, 1.82) is 0 Å². The van der Waals surface area contributed by atoms with Gasteiger partial charge in [-0.1, -0.05) is 12.1 Å². The van der Waals surface area contributed by atoms with Crippen LogP contribution in [0.15, 0.2) is 52.6 Å². The van der Waals surface area contributed by atoms with Crippen LogP contribution in [0, 0.1) is 0 Å². The molecular weight excluding hydrogens is 304 g/mol. The van der Waals surface area contributed by atoms with E-state index in [1.807, 2.05) is 17.5 Å². The van der Waals surface area contributed by atoms with Crippen LogP contribution in [0.5, 0.6) is 0 Å². The molecule has 3 rings (SSSR count). The van der Waals surface area contributed by atoms with Crippen LogP contribution in [-0.4, -0.2) is 22.0 Å². The number of aromatic carboxylic acids is 1. The summed E-state index contributed by atoms with van der Waals surface area (Å²) in [5, 5.41) is 13.5. The molecule has 2 N–H and O–H groups in total. The van der Waals surface area contributed by atoms with Gasteiger partial charge in [-0.05, 0) is 29.6 Å². The van der Waals surface area contributed by atoms with E-state index in [9.17, 15) is 9.59 Å². The van der Waals surface area contributed by atoms with Crippen molar-refractivity contribution in [3.8, 4) is 10.6 Å². The second-order valence-corrected chi connectivity index (χ2v) is 5.30. The molecule has 2 aromatic heterocycles. The quantitative estimate of drug-likeness (QED) is 0.770. The molecule has 2 heterocycles. The van der Waals surface area contributed by atoms with E-state index in [2.05, 4.69) is 10.3 Å². The maximum atomic E-state index is 12.3. The van der Waals surface area contributed by atoms with Gasteiger partial charge in [0.05, 0.1) is 10.4 Å². The number of amides is 1.